The zero-order valence-corrected chi connectivity index (χ0v) is 12.0. The van der Waals surface area contributed by atoms with Crippen LogP contribution in [-0.4, -0.2) is 64.4 Å². The second-order valence-electron chi connectivity index (χ2n) is 5.87. The Morgan fingerprint density at radius 1 is 1.30 bits per heavy atom. The monoisotopic (exact) mass is 282 g/mol. The van der Waals surface area contributed by atoms with Crippen LogP contribution >= 0.6 is 0 Å². The van der Waals surface area contributed by atoms with Crippen molar-refractivity contribution >= 4 is 18.9 Å². The molecular weight excluding hydrogens is 259 g/mol. The largest absolute Gasteiger partial charge is 0.481 e. The minimum absolute atomic E-state index is 0.00847. The molecule has 0 radical (unpaired) electrons. The molecule has 6 nitrogen and oxygen atoms in total. The van der Waals surface area contributed by atoms with Crippen molar-refractivity contribution in [3.05, 3.63) is 0 Å². The lowest BCUT2D eigenvalue weighted by molar-refractivity contribution is -0.148. The van der Waals surface area contributed by atoms with Gasteiger partial charge in [0, 0.05) is 18.5 Å². The van der Waals surface area contributed by atoms with Crippen molar-refractivity contribution in [3.63, 3.8) is 0 Å². The molecule has 0 aliphatic carbocycles. The van der Waals surface area contributed by atoms with Crippen LogP contribution in [0, 0.1) is 5.92 Å². The fourth-order valence-corrected chi connectivity index (χ4v) is 3.31. The Bertz CT molecular complexity index is 369. The van der Waals surface area contributed by atoms with E-state index in [1.165, 1.54) is 0 Å². The van der Waals surface area contributed by atoms with Crippen LogP contribution in [0.25, 0.3) is 0 Å². The van der Waals surface area contributed by atoms with E-state index in [2.05, 4.69) is 0 Å². The van der Waals surface area contributed by atoms with Gasteiger partial charge in [0.1, 0.15) is 0 Å². The van der Waals surface area contributed by atoms with Crippen molar-refractivity contribution in [2.45, 2.75) is 45.0 Å². The van der Waals surface area contributed by atoms with Gasteiger partial charge in [-0.05, 0) is 45.6 Å². The van der Waals surface area contributed by atoms with Gasteiger partial charge >= 0.3 is 13.0 Å². The smallest absolute Gasteiger partial charge is 0.376 e. The lowest BCUT2D eigenvalue weighted by atomic mass is 9.81. The molecule has 2 heterocycles. The number of carboxylic acids is 1. The van der Waals surface area contributed by atoms with Crippen molar-refractivity contribution in [1.29, 1.82) is 0 Å². The van der Waals surface area contributed by atoms with Gasteiger partial charge in [-0.25, -0.2) is 0 Å². The fourth-order valence-electron chi connectivity index (χ4n) is 3.31. The van der Waals surface area contributed by atoms with Crippen LogP contribution in [0.3, 0.4) is 0 Å². The van der Waals surface area contributed by atoms with E-state index >= 15 is 0 Å². The first kappa shape index (κ1) is 15.3. The molecule has 0 saturated carbocycles. The van der Waals surface area contributed by atoms with E-state index < -0.39 is 13.0 Å². The van der Waals surface area contributed by atoms with Crippen LogP contribution in [0.1, 0.15) is 32.1 Å². The first-order valence-electron chi connectivity index (χ1n) is 7.43. The highest BCUT2D eigenvalue weighted by Gasteiger charge is 2.36. The molecule has 0 aromatic carbocycles. The van der Waals surface area contributed by atoms with Gasteiger partial charge in [0.05, 0.1) is 6.42 Å². The molecule has 112 valence electrons. The second-order valence-corrected chi connectivity index (χ2v) is 5.87. The lowest BCUT2D eigenvalue weighted by Gasteiger charge is -2.42. The SMILES string of the molecule is CB(O)N1CCC(N2CCC[C@H](CC(=O)O)C2=O)CC1. The van der Waals surface area contributed by atoms with E-state index in [1.54, 1.807) is 6.82 Å². The van der Waals surface area contributed by atoms with Crippen molar-refractivity contribution in [1.82, 2.24) is 9.71 Å². The van der Waals surface area contributed by atoms with E-state index in [-0.39, 0.29) is 24.3 Å². The van der Waals surface area contributed by atoms with Gasteiger partial charge in [-0.3, -0.25) is 9.59 Å². The maximum Gasteiger partial charge on any atom is 0.376 e. The molecule has 20 heavy (non-hydrogen) atoms. The maximum atomic E-state index is 12.4. The van der Waals surface area contributed by atoms with Crippen molar-refractivity contribution < 1.29 is 19.7 Å². The third kappa shape index (κ3) is 3.52. The average molecular weight is 282 g/mol. The number of carboxylic acid groups (broad SMARTS) is 1. The second kappa shape index (κ2) is 6.58. The summed E-state index contributed by atoms with van der Waals surface area (Å²) in [5.74, 6) is -1.24. The van der Waals surface area contributed by atoms with Gasteiger partial charge in [0.25, 0.3) is 0 Å². The average Bonchev–Trinajstić information content (AvgIpc) is 2.41. The van der Waals surface area contributed by atoms with Gasteiger partial charge in [-0.1, -0.05) is 0 Å². The summed E-state index contributed by atoms with van der Waals surface area (Å²) in [5.41, 5.74) is 0. The van der Waals surface area contributed by atoms with Crippen LogP contribution < -0.4 is 0 Å². The lowest BCUT2D eigenvalue weighted by Crippen LogP contribution is -2.53. The molecule has 0 spiro atoms. The minimum atomic E-state index is -0.894. The van der Waals surface area contributed by atoms with E-state index in [1.807, 2.05) is 9.71 Å². The zero-order valence-electron chi connectivity index (χ0n) is 12.0. The summed E-state index contributed by atoms with van der Waals surface area (Å²) in [7, 11) is -0.437. The van der Waals surface area contributed by atoms with Gasteiger partial charge < -0.3 is 19.8 Å². The number of nitrogens with zero attached hydrogens (tertiary/aromatic N) is 2. The Labute approximate surface area is 119 Å². The third-order valence-electron chi connectivity index (χ3n) is 4.47. The molecule has 2 N–H and O–H groups in total. The first-order valence-corrected chi connectivity index (χ1v) is 7.43. The van der Waals surface area contributed by atoms with E-state index in [0.29, 0.717) is 6.42 Å². The zero-order chi connectivity index (χ0) is 14.7. The molecule has 0 aromatic heterocycles. The Hall–Kier alpha value is -1.08. The van der Waals surface area contributed by atoms with E-state index in [9.17, 15) is 14.6 Å². The Kier molecular flexibility index (Phi) is 5.04. The molecule has 2 aliphatic heterocycles. The highest BCUT2D eigenvalue weighted by atomic mass is 16.4. The number of amides is 1. The molecular formula is C13H23BN2O4. The minimum Gasteiger partial charge on any atom is -0.481 e. The van der Waals surface area contributed by atoms with Gasteiger partial charge in [0.15, 0.2) is 0 Å². The molecule has 2 aliphatic rings. The number of carbonyl (C=O) groups excluding carboxylic acids is 1. The number of aliphatic carboxylic acids is 1. The highest BCUT2D eigenvalue weighted by molar-refractivity contribution is 6.45. The Morgan fingerprint density at radius 2 is 1.95 bits per heavy atom. The summed E-state index contributed by atoms with van der Waals surface area (Å²) in [4.78, 5) is 27.1. The van der Waals surface area contributed by atoms with E-state index in [0.717, 1.165) is 38.9 Å². The quantitative estimate of drug-likeness (QED) is 0.724. The fraction of sp³-hybridized carbons (Fsp3) is 0.846. The Morgan fingerprint density at radius 3 is 2.50 bits per heavy atom. The normalized spacial score (nSPS) is 25.8. The summed E-state index contributed by atoms with van der Waals surface area (Å²) in [6.07, 6.45) is 3.24. The summed E-state index contributed by atoms with van der Waals surface area (Å²) >= 11 is 0. The summed E-state index contributed by atoms with van der Waals surface area (Å²) < 4.78 is 0. The van der Waals surface area contributed by atoms with Crippen LogP contribution in [-0.2, 0) is 9.59 Å². The van der Waals surface area contributed by atoms with Crippen LogP contribution in [0.4, 0.5) is 0 Å². The van der Waals surface area contributed by atoms with Crippen molar-refractivity contribution in [3.8, 4) is 0 Å². The number of piperidine rings is 2. The number of likely N-dealkylation sites (tertiary alicyclic amines) is 1. The number of carbonyl (C=O) groups is 2. The number of hydrogen-bond donors (Lipinski definition) is 2. The third-order valence-corrected chi connectivity index (χ3v) is 4.47. The van der Waals surface area contributed by atoms with Crippen LogP contribution in [0.5, 0.6) is 0 Å². The van der Waals surface area contributed by atoms with Crippen LogP contribution in [0.2, 0.25) is 6.82 Å². The molecule has 0 aromatic rings. The molecule has 2 rings (SSSR count). The molecule has 0 unspecified atom stereocenters. The Balaban J connectivity index is 1.92. The molecule has 2 fully saturated rings. The molecule has 7 heteroatoms. The van der Waals surface area contributed by atoms with Gasteiger partial charge in [-0.2, -0.15) is 0 Å². The van der Waals surface area contributed by atoms with Crippen molar-refractivity contribution in [2.24, 2.45) is 5.92 Å². The van der Waals surface area contributed by atoms with Gasteiger partial charge in [-0.15, -0.1) is 0 Å². The first-order chi connectivity index (χ1) is 9.49. The molecule has 1 amide bonds. The van der Waals surface area contributed by atoms with Crippen LogP contribution in [0.15, 0.2) is 0 Å². The highest BCUT2D eigenvalue weighted by Crippen LogP contribution is 2.26. The number of hydrogen-bond acceptors (Lipinski definition) is 4. The molecule has 1 atom stereocenters. The maximum absolute atomic E-state index is 12.4. The summed E-state index contributed by atoms with van der Waals surface area (Å²) in [6.45, 7) is 4.08. The molecule has 0 bridgehead atoms. The molecule has 2 saturated heterocycles. The standard InChI is InChI=1S/C13H23BN2O4/c1-14(20)15-7-4-11(5-8-15)16-6-2-3-10(13(16)19)9-12(17)18/h10-11,20H,2-9H2,1H3,(H,17,18)/t10-/m1/s1. The van der Waals surface area contributed by atoms with Gasteiger partial charge in [0.2, 0.25) is 5.91 Å². The van der Waals surface area contributed by atoms with E-state index in [4.69, 9.17) is 5.11 Å². The number of rotatable bonds is 4. The summed E-state index contributed by atoms with van der Waals surface area (Å²) in [6, 6.07) is 0.203. The predicted molar refractivity (Wildman–Crippen MR) is 75.1 cm³/mol. The predicted octanol–water partition coefficient (Wildman–Crippen LogP) is 0.274. The topological polar surface area (TPSA) is 81.1 Å². The summed E-state index contributed by atoms with van der Waals surface area (Å²) in [5, 5.41) is 18.4. The van der Waals surface area contributed by atoms with Crippen molar-refractivity contribution in [2.75, 3.05) is 19.6 Å².